The maximum absolute atomic E-state index is 12.2. The minimum absolute atomic E-state index is 0.111. The van der Waals surface area contributed by atoms with E-state index in [1.807, 2.05) is 6.92 Å². The predicted octanol–water partition coefficient (Wildman–Crippen LogP) is 3.80. The zero-order valence-electron chi connectivity index (χ0n) is 15.2. The lowest BCUT2D eigenvalue weighted by Crippen LogP contribution is -2.31. The summed E-state index contributed by atoms with van der Waals surface area (Å²) in [4.78, 5) is 35.4. The van der Waals surface area contributed by atoms with Crippen LogP contribution in [0.1, 0.15) is 29.8 Å². The number of anilines is 1. The molecule has 2 rings (SSSR count). The molecule has 0 radical (unpaired) electrons. The second-order valence-electron chi connectivity index (χ2n) is 5.96. The fourth-order valence-electron chi connectivity index (χ4n) is 2.19. The number of amides is 1. The number of carbonyl (C=O) groups is 3. The van der Waals surface area contributed by atoms with E-state index < -0.39 is 18.0 Å². The molecule has 0 spiro atoms. The van der Waals surface area contributed by atoms with Crippen molar-refractivity contribution in [2.75, 3.05) is 11.9 Å². The molecule has 27 heavy (non-hydrogen) atoms. The summed E-state index contributed by atoms with van der Waals surface area (Å²) in [7, 11) is 0. The van der Waals surface area contributed by atoms with Crippen LogP contribution in [0.25, 0.3) is 0 Å². The van der Waals surface area contributed by atoms with Crippen LogP contribution in [0.5, 0.6) is 5.75 Å². The van der Waals surface area contributed by atoms with Crippen molar-refractivity contribution in [3.8, 4) is 5.75 Å². The van der Waals surface area contributed by atoms with Gasteiger partial charge in [-0.2, -0.15) is 0 Å². The summed E-state index contributed by atoms with van der Waals surface area (Å²) in [5.74, 6) is -0.818. The molecule has 0 aromatic heterocycles. The van der Waals surface area contributed by atoms with E-state index in [1.54, 1.807) is 42.5 Å². The van der Waals surface area contributed by atoms with Crippen molar-refractivity contribution < 1.29 is 23.9 Å². The monoisotopic (exact) mass is 389 g/mol. The summed E-state index contributed by atoms with van der Waals surface area (Å²) >= 11 is 5.93. The zero-order valence-corrected chi connectivity index (χ0v) is 16.0. The highest BCUT2D eigenvalue weighted by Gasteiger charge is 2.18. The first-order valence-corrected chi connectivity index (χ1v) is 8.64. The molecule has 0 saturated heterocycles. The summed E-state index contributed by atoms with van der Waals surface area (Å²) < 4.78 is 10.4. The number of hydrogen-bond donors (Lipinski definition) is 1. The molecule has 0 aliphatic rings. The predicted molar refractivity (Wildman–Crippen MR) is 102 cm³/mol. The van der Waals surface area contributed by atoms with Gasteiger partial charge in [0, 0.05) is 16.3 Å². The van der Waals surface area contributed by atoms with Crippen LogP contribution in [-0.4, -0.2) is 30.4 Å². The summed E-state index contributed by atoms with van der Waals surface area (Å²) in [6.45, 7) is 4.38. The first-order valence-electron chi connectivity index (χ1n) is 8.26. The summed E-state index contributed by atoms with van der Waals surface area (Å²) in [5.41, 5.74) is 1.75. The van der Waals surface area contributed by atoms with Crippen LogP contribution in [0.15, 0.2) is 42.5 Å². The lowest BCUT2D eigenvalue weighted by atomic mass is 10.1. The number of ketones is 1. The number of Topliss-reactive ketones (excluding diaryl/α,β-unsaturated/α-hetero) is 1. The molecular formula is C20H20ClNO5. The van der Waals surface area contributed by atoms with Crippen molar-refractivity contribution in [3.63, 3.8) is 0 Å². The van der Waals surface area contributed by atoms with E-state index in [0.717, 1.165) is 5.56 Å². The smallest absolute Gasteiger partial charge is 0.344 e. The molecule has 0 aliphatic carbocycles. The van der Waals surface area contributed by atoms with Crippen molar-refractivity contribution in [3.05, 3.63) is 58.6 Å². The highest BCUT2D eigenvalue weighted by Crippen LogP contribution is 2.21. The molecule has 142 valence electrons. The van der Waals surface area contributed by atoms with Crippen molar-refractivity contribution in [2.24, 2.45) is 0 Å². The molecule has 0 aliphatic heterocycles. The standard InChI is InChI=1S/C20H20ClNO5/c1-12-9-17(7-8-18(12)21)26-11-19(24)27-14(3)20(25)22-16-6-4-5-15(10-16)13(2)23/h4-10,14H,11H2,1-3H3,(H,22,25)/t14-/m1/s1. The first kappa shape index (κ1) is 20.5. The summed E-state index contributed by atoms with van der Waals surface area (Å²) in [6, 6.07) is 11.5. The number of benzene rings is 2. The highest BCUT2D eigenvalue weighted by molar-refractivity contribution is 6.31. The average molecular weight is 390 g/mol. The molecule has 0 bridgehead atoms. The van der Waals surface area contributed by atoms with Crippen LogP contribution in [0.4, 0.5) is 5.69 Å². The van der Waals surface area contributed by atoms with Crippen molar-refractivity contribution in [1.82, 2.24) is 0 Å². The Labute approximate surface area is 162 Å². The Morgan fingerprint density at radius 3 is 2.56 bits per heavy atom. The summed E-state index contributed by atoms with van der Waals surface area (Å²) in [6.07, 6.45) is -1.02. The second kappa shape index (κ2) is 9.19. The number of aryl methyl sites for hydroxylation is 1. The molecule has 1 amide bonds. The van der Waals surface area contributed by atoms with Crippen molar-refractivity contribution >= 4 is 34.9 Å². The zero-order chi connectivity index (χ0) is 20.0. The van der Waals surface area contributed by atoms with Gasteiger partial charge in [0.1, 0.15) is 5.75 Å². The van der Waals surface area contributed by atoms with Crippen LogP contribution in [0.2, 0.25) is 5.02 Å². The molecule has 0 fully saturated rings. The van der Waals surface area contributed by atoms with Crippen LogP contribution < -0.4 is 10.1 Å². The molecular weight excluding hydrogens is 370 g/mol. The van der Waals surface area contributed by atoms with Gasteiger partial charge < -0.3 is 14.8 Å². The molecule has 0 heterocycles. The van der Waals surface area contributed by atoms with Crippen molar-refractivity contribution in [2.45, 2.75) is 26.9 Å². The molecule has 1 atom stereocenters. The van der Waals surface area contributed by atoms with Gasteiger partial charge in [0.15, 0.2) is 18.5 Å². The third kappa shape index (κ3) is 6.11. The fourth-order valence-corrected chi connectivity index (χ4v) is 2.31. The largest absolute Gasteiger partial charge is 0.482 e. The molecule has 1 N–H and O–H groups in total. The average Bonchev–Trinajstić information content (AvgIpc) is 2.62. The molecule has 0 saturated carbocycles. The number of nitrogens with one attached hydrogen (secondary N) is 1. The van der Waals surface area contributed by atoms with Crippen LogP contribution >= 0.6 is 11.6 Å². The van der Waals surface area contributed by atoms with Gasteiger partial charge in [-0.05, 0) is 56.7 Å². The third-order valence-corrected chi connectivity index (χ3v) is 4.12. The van der Waals surface area contributed by atoms with E-state index in [4.69, 9.17) is 21.1 Å². The second-order valence-corrected chi connectivity index (χ2v) is 6.37. The van der Waals surface area contributed by atoms with Crippen LogP contribution in [0, 0.1) is 6.92 Å². The number of carbonyl (C=O) groups excluding carboxylic acids is 3. The first-order chi connectivity index (χ1) is 12.8. The third-order valence-electron chi connectivity index (χ3n) is 3.70. The van der Waals surface area contributed by atoms with Crippen LogP contribution in [0.3, 0.4) is 0 Å². The van der Waals surface area contributed by atoms with E-state index in [-0.39, 0.29) is 12.4 Å². The lowest BCUT2D eigenvalue weighted by molar-refractivity contribution is -0.155. The number of rotatable bonds is 7. The Morgan fingerprint density at radius 2 is 1.89 bits per heavy atom. The minimum atomic E-state index is -1.02. The van der Waals surface area contributed by atoms with E-state index in [1.165, 1.54) is 13.8 Å². The van der Waals surface area contributed by atoms with Gasteiger partial charge in [-0.25, -0.2) is 4.79 Å². The Morgan fingerprint density at radius 1 is 1.15 bits per heavy atom. The minimum Gasteiger partial charge on any atom is -0.482 e. The molecule has 2 aromatic carbocycles. The van der Waals surface area contributed by atoms with Gasteiger partial charge in [-0.15, -0.1) is 0 Å². The Balaban J connectivity index is 1.86. The Kier molecular flexibility index (Phi) is 6.96. The van der Waals surface area contributed by atoms with Gasteiger partial charge >= 0.3 is 5.97 Å². The molecule has 6 nitrogen and oxygen atoms in total. The Bertz CT molecular complexity index is 865. The van der Waals surface area contributed by atoms with E-state index in [2.05, 4.69) is 5.32 Å². The summed E-state index contributed by atoms with van der Waals surface area (Å²) in [5, 5.41) is 3.21. The molecule has 2 aromatic rings. The highest BCUT2D eigenvalue weighted by atomic mass is 35.5. The molecule has 7 heteroatoms. The quantitative estimate of drug-likeness (QED) is 0.575. The normalized spacial score (nSPS) is 11.4. The maximum atomic E-state index is 12.2. The maximum Gasteiger partial charge on any atom is 0.344 e. The number of hydrogen-bond acceptors (Lipinski definition) is 5. The van der Waals surface area contributed by atoms with Gasteiger partial charge in [0.2, 0.25) is 0 Å². The fraction of sp³-hybridized carbons (Fsp3) is 0.250. The lowest BCUT2D eigenvalue weighted by Gasteiger charge is -2.14. The van der Waals surface area contributed by atoms with E-state index in [9.17, 15) is 14.4 Å². The van der Waals surface area contributed by atoms with E-state index in [0.29, 0.717) is 22.0 Å². The van der Waals surface area contributed by atoms with Gasteiger partial charge in [-0.1, -0.05) is 23.7 Å². The van der Waals surface area contributed by atoms with E-state index >= 15 is 0 Å². The SMILES string of the molecule is CC(=O)c1cccc(NC(=O)[C@@H](C)OC(=O)COc2ccc(Cl)c(C)c2)c1. The van der Waals surface area contributed by atoms with Gasteiger partial charge in [0.25, 0.3) is 5.91 Å². The Hall–Kier alpha value is -2.86. The van der Waals surface area contributed by atoms with Gasteiger partial charge in [-0.3, -0.25) is 9.59 Å². The number of esters is 1. The van der Waals surface area contributed by atoms with Crippen molar-refractivity contribution in [1.29, 1.82) is 0 Å². The topological polar surface area (TPSA) is 81.7 Å². The molecule has 0 unspecified atom stereocenters. The van der Waals surface area contributed by atoms with Crippen LogP contribution in [-0.2, 0) is 14.3 Å². The van der Waals surface area contributed by atoms with Gasteiger partial charge in [0.05, 0.1) is 0 Å². The number of ether oxygens (including phenoxy) is 2. The number of halogens is 1.